The molecule has 4 heteroatoms. The SMILES string of the molecule is C/C=C(\C)[C@@H]1OC(C)(C)O[C@H](C(C)(C)COCc2ccc(OC)cc2)[C@H]1C. The van der Waals surface area contributed by atoms with Crippen LogP contribution in [0.5, 0.6) is 5.75 Å². The molecule has 0 saturated carbocycles. The summed E-state index contributed by atoms with van der Waals surface area (Å²) in [6.45, 7) is 16.0. The van der Waals surface area contributed by atoms with Gasteiger partial charge in [-0.15, -0.1) is 0 Å². The van der Waals surface area contributed by atoms with Crippen LogP contribution in [0, 0.1) is 11.3 Å². The van der Waals surface area contributed by atoms with Crippen molar-refractivity contribution in [3.63, 3.8) is 0 Å². The smallest absolute Gasteiger partial charge is 0.163 e. The van der Waals surface area contributed by atoms with Gasteiger partial charge in [-0.2, -0.15) is 0 Å². The lowest BCUT2D eigenvalue weighted by Crippen LogP contribution is -2.56. The van der Waals surface area contributed by atoms with Crippen molar-refractivity contribution in [3.8, 4) is 5.75 Å². The van der Waals surface area contributed by atoms with Gasteiger partial charge in [0.2, 0.25) is 0 Å². The van der Waals surface area contributed by atoms with Gasteiger partial charge in [0.25, 0.3) is 0 Å². The summed E-state index contributed by atoms with van der Waals surface area (Å²) in [4.78, 5) is 0. The number of allylic oxidation sites excluding steroid dienone is 1. The maximum absolute atomic E-state index is 6.36. The Bertz CT molecular complexity index is 630. The van der Waals surface area contributed by atoms with Gasteiger partial charge >= 0.3 is 0 Å². The van der Waals surface area contributed by atoms with Crippen molar-refractivity contribution in [3.05, 3.63) is 41.5 Å². The van der Waals surface area contributed by atoms with Crippen molar-refractivity contribution in [2.24, 2.45) is 11.3 Å². The summed E-state index contributed by atoms with van der Waals surface area (Å²) in [7, 11) is 1.67. The van der Waals surface area contributed by atoms with Crippen LogP contribution in [-0.2, 0) is 20.8 Å². The molecule has 1 saturated heterocycles. The van der Waals surface area contributed by atoms with E-state index in [1.807, 2.05) is 38.1 Å². The Morgan fingerprint density at radius 3 is 2.37 bits per heavy atom. The number of hydrogen-bond acceptors (Lipinski definition) is 4. The van der Waals surface area contributed by atoms with Gasteiger partial charge in [-0.05, 0) is 51.0 Å². The zero-order chi connectivity index (χ0) is 20.2. The molecule has 0 amide bonds. The van der Waals surface area contributed by atoms with E-state index in [1.165, 1.54) is 5.57 Å². The Hall–Kier alpha value is -1.36. The quantitative estimate of drug-likeness (QED) is 0.600. The highest BCUT2D eigenvalue weighted by atomic mass is 16.7. The molecule has 0 N–H and O–H groups in total. The van der Waals surface area contributed by atoms with E-state index in [0.29, 0.717) is 13.2 Å². The first-order valence-corrected chi connectivity index (χ1v) is 9.79. The highest BCUT2D eigenvalue weighted by Crippen LogP contribution is 2.42. The average molecular weight is 377 g/mol. The molecule has 1 aromatic carbocycles. The van der Waals surface area contributed by atoms with Gasteiger partial charge in [0, 0.05) is 11.3 Å². The molecule has 0 radical (unpaired) electrons. The first kappa shape index (κ1) is 21.9. The van der Waals surface area contributed by atoms with Gasteiger partial charge in [0.15, 0.2) is 5.79 Å². The van der Waals surface area contributed by atoms with E-state index >= 15 is 0 Å². The predicted octanol–water partition coefficient (Wildman–Crippen LogP) is 5.36. The molecule has 27 heavy (non-hydrogen) atoms. The number of benzene rings is 1. The van der Waals surface area contributed by atoms with Gasteiger partial charge in [0.05, 0.1) is 32.5 Å². The highest BCUT2D eigenvalue weighted by Gasteiger charge is 2.47. The Balaban J connectivity index is 2.04. The first-order valence-electron chi connectivity index (χ1n) is 9.79. The van der Waals surface area contributed by atoms with E-state index in [0.717, 1.165) is 11.3 Å². The second-order valence-corrected chi connectivity index (χ2v) is 8.70. The van der Waals surface area contributed by atoms with Crippen LogP contribution in [-0.4, -0.2) is 31.7 Å². The van der Waals surface area contributed by atoms with Crippen LogP contribution in [0.2, 0.25) is 0 Å². The van der Waals surface area contributed by atoms with Gasteiger partial charge in [-0.25, -0.2) is 0 Å². The van der Waals surface area contributed by atoms with Crippen LogP contribution in [0.25, 0.3) is 0 Å². The van der Waals surface area contributed by atoms with Gasteiger partial charge in [-0.3, -0.25) is 0 Å². The van der Waals surface area contributed by atoms with Crippen molar-refractivity contribution in [2.75, 3.05) is 13.7 Å². The average Bonchev–Trinajstić information content (AvgIpc) is 2.63. The summed E-state index contributed by atoms with van der Waals surface area (Å²) in [5, 5.41) is 0. The number of methoxy groups -OCH3 is 1. The molecule has 0 spiro atoms. The predicted molar refractivity (Wildman–Crippen MR) is 109 cm³/mol. The fourth-order valence-corrected chi connectivity index (χ4v) is 3.79. The summed E-state index contributed by atoms with van der Waals surface area (Å²) >= 11 is 0. The van der Waals surface area contributed by atoms with Crippen LogP contribution in [0.1, 0.15) is 54.0 Å². The first-order chi connectivity index (χ1) is 12.6. The Labute approximate surface area is 164 Å². The molecule has 0 unspecified atom stereocenters. The molecule has 0 bridgehead atoms. The summed E-state index contributed by atoms with van der Waals surface area (Å²) < 4.78 is 23.9. The molecule has 4 nitrogen and oxygen atoms in total. The van der Waals surface area contributed by atoms with Crippen molar-refractivity contribution in [1.29, 1.82) is 0 Å². The lowest BCUT2D eigenvalue weighted by Gasteiger charge is -2.50. The molecular weight excluding hydrogens is 340 g/mol. The van der Waals surface area contributed by atoms with E-state index in [-0.39, 0.29) is 23.5 Å². The lowest BCUT2D eigenvalue weighted by atomic mass is 9.76. The topological polar surface area (TPSA) is 36.9 Å². The van der Waals surface area contributed by atoms with E-state index in [2.05, 4.69) is 40.7 Å². The van der Waals surface area contributed by atoms with Crippen molar-refractivity contribution in [1.82, 2.24) is 0 Å². The third-order valence-electron chi connectivity index (χ3n) is 5.35. The number of rotatable bonds is 7. The second-order valence-electron chi connectivity index (χ2n) is 8.70. The third-order valence-corrected chi connectivity index (χ3v) is 5.35. The van der Waals surface area contributed by atoms with E-state index in [9.17, 15) is 0 Å². The minimum absolute atomic E-state index is 0.0389. The van der Waals surface area contributed by atoms with Gasteiger partial charge in [0.1, 0.15) is 5.75 Å². The molecule has 2 rings (SSSR count). The zero-order valence-corrected chi connectivity index (χ0v) is 18.2. The maximum atomic E-state index is 6.36. The summed E-state index contributed by atoms with van der Waals surface area (Å²) in [5.74, 6) is 0.490. The van der Waals surface area contributed by atoms with Crippen LogP contribution >= 0.6 is 0 Å². The van der Waals surface area contributed by atoms with Crippen LogP contribution in [0.15, 0.2) is 35.9 Å². The minimum atomic E-state index is -0.612. The van der Waals surface area contributed by atoms with Crippen LogP contribution < -0.4 is 4.74 Å². The van der Waals surface area contributed by atoms with E-state index in [1.54, 1.807) is 7.11 Å². The highest BCUT2D eigenvalue weighted by molar-refractivity contribution is 5.26. The Kier molecular flexibility index (Phi) is 7.12. The van der Waals surface area contributed by atoms with E-state index in [4.69, 9.17) is 18.9 Å². The molecule has 1 aromatic rings. The van der Waals surface area contributed by atoms with Gasteiger partial charge in [-0.1, -0.05) is 39.0 Å². The monoisotopic (exact) mass is 376 g/mol. The Morgan fingerprint density at radius 1 is 1.19 bits per heavy atom. The molecule has 0 aromatic heterocycles. The fraction of sp³-hybridized carbons (Fsp3) is 0.652. The zero-order valence-electron chi connectivity index (χ0n) is 18.2. The van der Waals surface area contributed by atoms with Crippen molar-refractivity contribution in [2.45, 2.75) is 73.1 Å². The molecule has 0 aliphatic carbocycles. The minimum Gasteiger partial charge on any atom is -0.497 e. The largest absolute Gasteiger partial charge is 0.497 e. The summed E-state index contributed by atoms with van der Waals surface area (Å²) in [6, 6.07) is 7.99. The standard InChI is InChI=1S/C23H36O4/c1-9-16(2)20-17(3)21(27-23(6,7)26-20)22(4,5)15-25-14-18-10-12-19(24-8)13-11-18/h9-13,17,20-21H,14-15H2,1-8H3/b16-9+/t17-,20-,21-/m0/s1. The number of hydrogen-bond donors (Lipinski definition) is 0. The molecular formula is C23H36O4. The van der Waals surface area contributed by atoms with E-state index < -0.39 is 5.79 Å². The van der Waals surface area contributed by atoms with Crippen LogP contribution in [0.3, 0.4) is 0 Å². The van der Waals surface area contributed by atoms with Gasteiger partial charge < -0.3 is 18.9 Å². The van der Waals surface area contributed by atoms with Crippen molar-refractivity contribution < 1.29 is 18.9 Å². The Morgan fingerprint density at radius 2 is 1.81 bits per heavy atom. The summed E-state index contributed by atoms with van der Waals surface area (Å²) in [5.41, 5.74) is 2.24. The summed E-state index contributed by atoms with van der Waals surface area (Å²) in [6.07, 6.45) is 2.23. The second kappa shape index (κ2) is 8.76. The third kappa shape index (κ3) is 5.56. The number of ether oxygens (including phenoxy) is 4. The molecule has 1 fully saturated rings. The lowest BCUT2D eigenvalue weighted by molar-refractivity contribution is -0.331. The molecule has 1 aliphatic rings. The maximum Gasteiger partial charge on any atom is 0.163 e. The van der Waals surface area contributed by atoms with Crippen molar-refractivity contribution >= 4 is 0 Å². The van der Waals surface area contributed by atoms with Crippen LogP contribution in [0.4, 0.5) is 0 Å². The molecule has 1 aliphatic heterocycles. The molecule has 152 valence electrons. The fourth-order valence-electron chi connectivity index (χ4n) is 3.79. The normalized spacial score (nSPS) is 26.1. The molecule has 1 heterocycles. The molecule has 3 atom stereocenters.